The number of carbonyl (C=O) groups excluding carboxylic acids is 2. The van der Waals surface area contributed by atoms with Crippen molar-refractivity contribution in [3.05, 3.63) is 28.2 Å². The molecule has 1 aromatic carbocycles. The fourth-order valence-electron chi connectivity index (χ4n) is 1.40. The van der Waals surface area contributed by atoms with Crippen molar-refractivity contribution in [3.63, 3.8) is 0 Å². The number of urea groups is 2. The molecule has 0 fully saturated rings. The number of amides is 4. The molecule has 3 N–H and O–H groups in total. The lowest BCUT2D eigenvalue weighted by molar-refractivity contribution is 0.189. The summed E-state index contributed by atoms with van der Waals surface area (Å²) in [4.78, 5) is 23.9. The van der Waals surface area contributed by atoms with E-state index >= 15 is 0 Å². The molecule has 98 valence electrons. The first-order valence-electron chi connectivity index (χ1n) is 5.17. The number of hydrogen-bond acceptors (Lipinski definition) is 2. The molecule has 7 heteroatoms. The van der Waals surface area contributed by atoms with Crippen molar-refractivity contribution >= 4 is 41.0 Å². The first-order chi connectivity index (χ1) is 8.31. The number of nitrogens with zero attached hydrogens (tertiary/aromatic N) is 1. The van der Waals surface area contributed by atoms with Gasteiger partial charge >= 0.3 is 12.1 Å². The molecule has 1 rings (SSSR count). The Hall–Kier alpha value is -1.46. The van der Waals surface area contributed by atoms with Crippen LogP contribution in [-0.2, 0) is 0 Å². The lowest BCUT2D eigenvalue weighted by Crippen LogP contribution is -2.47. The van der Waals surface area contributed by atoms with E-state index in [0.717, 1.165) is 4.90 Å². The number of rotatable bonds is 2. The lowest BCUT2D eigenvalue weighted by Gasteiger charge is -2.22. The molecule has 0 radical (unpaired) electrons. The van der Waals surface area contributed by atoms with Crippen LogP contribution < -0.4 is 11.1 Å². The highest BCUT2D eigenvalue weighted by Crippen LogP contribution is 2.22. The molecule has 0 heterocycles. The van der Waals surface area contributed by atoms with E-state index in [1.54, 1.807) is 13.8 Å². The zero-order chi connectivity index (χ0) is 13.9. The van der Waals surface area contributed by atoms with Crippen molar-refractivity contribution in [2.75, 3.05) is 5.32 Å². The maximum Gasteiger partial charge on any atom is 0.330 e. The molecule has 5 nitrogen and oxygen atoms in total. The zero-order valence-electron chi connectivity index (χ0n) is 9.91. The van der Waals surface area contributed by atoms with Crippen molar-refractivity contribution in [2.45, 2.75) is 19.9 Å². The van der Waals surface area contributed by atoms with Crippen LogP contribution in [0.3, 0.4) is 0 Å². The summed E-state index contributed by atoms with van der Waals surface area (Å²) < 4.78 is 0. The highest BCUT2D eigenvalue weighted by Gasteiger charge is 2.22. The highest BCUT2D eigenvalue weighted by atomic mass is 35.5. The van der Waals surface area contributed by atoms with Gasteiger partial charge in [0.2, 0.25) is 0 Å². The molecule has 1 aromatic rings. The lowest BCUT2D eigenvalue weighted by atomic mass is 10.3. The average Bonchev–Trinajstić information content (AvgIpc) is 2.13. The van der Waals surface area contributed by atoms with Crippen LogP contribution >= 0.6 is 23.2 Å². The molecule has 0 aliphatic carbocycles. The number of hydrogen-bond donors (Lipinski definition) is 2. The van der Waals surface area contributed by atoms with E-state index in [-0.39, 0.29) is 6.04 Å². The summed E-state index contributed by atoms with van der Waals surface area (Å²) in [6.07, 6.45) is 0. The third-order valence-electron chi connectivity index (χ3n) is 2.09. The number of halogens is 2. The largest absolute Gasteiger partial charge is 0.351 e. The van der Waals surface area contributed by atoms with Gasteiger partial charge in [-0.1, -0.05) is 23.2 Å². The molecular formula is C11H13Cl2N3O2. The normalized spacial score (nSPS) is 10.3. The van der Waals surface area contributed by atoms with Gasteiger partial charge in [-0.25, -0.2) is 14.5 Å². The van der Waals surface area contributed by atoms with Crippen molar-refractivity contribution in [1.82, 2.24) is 4.90 Å². The first kappa shape index (κ1) is 14.6. The predicted octanol–water partition coefficient (Wildman–Crippen LogP) is 3.31. The van der Waals surface area contributed by atoms with Gasteiger partial charge in [0.15, 0.2) is 0 Å². The van der Waals surface area contributed by atoms with Crippen molar-refractivity contribution in [1.29, 1.82) is 0 Å². The van der Waals surface area contributed by atoms with Crippen molar-refractivity contribution < 1.29 is 9.59 Å². The van der Waals surface area contributed by atoms with Gasteiger partial charge in [0.05, 0.1) is 0 Å². The minimum absolute atomic E-state index is 0.350. The molecule has 0 unspecified atom stereocenters. The third-order valence-corrected chi connectivity index (χ3v) is 2.52. The molecule has 0 aliphatic heterocycles. The molecule has 18 heavy (non-hydrogen) atoms. The van der Waals surface area contributed by atoms with Crippen LogP contribution in [0.4, 0.5) is 15.3 Å². The maximum absolute atomic E-state index is 11.8. The molecule has 0 saturated carbocycles. The second-order valence-electron chi connectivity index (χ2n) is 3.89. The predicted molar refractivity (Wildman–Crippen MR) is 72.0 cm³/mol. The van der Waals surface area contributed by atoms with Crippen LogP contribution in [0.2, 0.25) is 10.0 Å². The van der Waals surface area contributed by atoms with Gasteiger partial charge in [0, 0.05) is 21.8 Å². The van der Waals surface area contributed by atoms with Gasteiger partial charge in [0.1, 0.15) is 0 Å². The summed E-state index contributed by atoms with van der Waals surface area (Å²) in [7, 11) is 0. The molecule has 4 amide bonds. The van der Waals surface area contributed by atoms with E-state index in [1.807, 2.05) is 0 Å². The van der Waals surface area contributed by atoms with Crippen LogP contribution in [-0.4, -0.2) is 23.0 Å². The number of primary amides is 1. The molecule has 0 aliphatic rings. The molecule has 0 atom stereocenters. The SMILES string of the molecule is CC(C)N(C(N)=O)C(=O)Nc1cc(Cl)cc(Cl)c1. The van der Waals surface area contributed by atoms with Crippen LogP contribution in [0.25, 0.3) is 0 Å². The fraction of sp³-hybridized carbons (Fsp3) is 0.273. The molecular weight excluding hydrogens is 277 g/mol. The summed E-state index contributed by atoms with van der Waals surface area (Å²) >= 11 is 11.6. The van der Waals surface area contributed by atoms with E-state index in [0.29, 0.717) is 15.7 Å². The van der Waals surface area contributed by atoms with Gasteiger partial charge in [0.25, 0.3) is 0 Å². The monoisotopic (exact) mass is 289 g/mol. The topological polar surface area (TPSA) is 75.4 Å². The van der Waals surface area contributed by atoms with Crippen molar-refractivity contribution in [2.24, 2.45) is 5.73 Å². The Morgan fingerprint density at radius 1 is 1.22 bits per heavy atom. The molecule has 0 saturated heterocycles. The second kappa shape index (κ2) is 5.93. The minimum atomic E-state index is -0.823. The summed E-state index contributed by atoms with van der Waals surface area (Å²) in [5.41, 5.74) is 5.52. The first-order valence-corrected chi connectivity index (χ1v) is 5.92. The Morgan fingerprint density at radius 2 is 1.72 bits per heavy atom. The molecule has 0 bridgehead atoms. The minimum Gasteiger partial charge on any atom is -0.351 e. The Bertz CT molecular complexity index is 457. The molecule has 0 spiro atoms. The number of carbonyl (C=O) groups is 2. The van der Waals surface area contributed by atoms with E-state index in [1.165, 1.54) is 18.2 Å². The summed E-state index contributed by atoms with van der Waals surface area (Å²) in [6, 6.07) is 2.77. The zero-order valence-corrected chi connectivity index (χ0v) is 11.4. The van der Waals surface area contributed by atoms with Gasteiger partial charge in [-0.2, -0.15) is 0 Å². The maximum atomic E-state index is 11.8. The van der Waals surface area contributed by atoms with Gasteiger partial charge in [-0.15, -0.1) is 0 Å². The van der Waals surface area contributed by atoms with Crippen LogP contribution in [0.15, 0.2) is 18.2 Å². The number of imide groups is 1. The fourth-order valence-corrected chi connectivity index (χ4v) is 1.92. The Morgan fingerprint density at radius 3 is 2.11 bits per heavy atom. The smallest absolute Gasteiger partial charge is 0.330 e. The van der Waals surface area contributed by atoms with Crippen LogP contribution in [0, 0.1) is 0 Å². The van der Waals surface area contributed by atoms with Gasteiger partial charge < -0.3 is 11.1 Å². The average molecular weight is 290 g/mol. The number of anilines is 1. The molecule has 0 aromatic heterocycles. The van der Waals surface area contributed by atoms with Gasteiger partial charge in [-0.3, -0.25) is 0 Å². The van der Waals surface area contributed by atoms with E-state index in [4.69, 9.17) is 28.9 Å². The summed E-state index contributed by atoms with van der Waals surface area (Å²) in [5.74, 6) is 0. The highest BCUT2D eigenvalue weighted by molar-refractivity contribution is 6.35. The Kier molecular flexibility index (Phi) is 4.81. The third kappa shape index (κ3) is 3.78. The van der Waals surface area contributed by atoms with E-state index < -0.39 is 12.1 Å². The number of benzene rings is 1. The second-order valence-corrected chi connectivity index (χ2v) is 4.76. The summed E-state index contributed by atoms with van der Waals surface area (Å²) in [5, 5.41) is 3.27. The van der Waals surface area contributed by atoms with Gasteiger partial charge in [-0.05, 0) is 32.0 Å². The quantitative estimate of drug-likeness (QED) is 0.876. The summed E-state index contributed by atoms with van der Waals surface area (Å²) in [6.45, 7) is 3.35. The Balaban J connectivity index is 2.89. The Labute approximate surface area is 115 Å². The standard InChI is InChI=1S/C11H13Cl2N3O2/c1-6(2)16(10(14)17)11(18)15-9-4-7(12)3-8(13)5-9/h3-6H,1-2H3,(H2,14,17)(H,15,18). The number of nitrogens with two attached hydrogens (primary N) is 1. The van der Waals surface area contributed by atoms with Crippen molar-refractivity contribution in [3.8, 4) is 0 Å². The van der Waals surface area contributed by atoms with Crippen LogP contribution in [0.5, 0.6) is 0 Å². The van der Waals surface area contributed by atoms with E-state index in [2.05, 4.69) is 5.32 Å². The van der Waals surface area contributed by atoms with E-state index in [9.17, 15) is 9.59 Å². The number of nitrogens with one attached hydrogen (secondary N) is 1. The van der Waals surface area contributed by atoms with Crippen LogP contribution in [0.1, 0.15) is 13.8 Å².